The molecule has 0 aliphatic carbocycles. The second-order valence-corrected chi connectivity index (χ2v) is 5.81. The molecule has 3 rings (SSSR count). The van der Waals surface area contributed by atoms with Crippen LogP contribution in [0.4, 0.5) is 5.69 Å². The molecule has 1 amide bonds. The predicted octanol–water partition coefficient (Wildman–Crippen LogP) is 3.76. The number of carbonyl (C=O) groups is 1. The fraction of sp³-hybridized carbons (Fsp3) is 0.0526. The fourth-order valence-corrected chi connectivity index (χ4v) is 2.60. The van der Waals surface area contributed by atoms with Gasteiger partial charge in [-0.15, -0.1) is 0 Å². The van der Waals surface area contributed by atoms with Gasteiger partial charge in [-0.25, -0.2) is 5.43 Å². The molecule has 6 heteroatoms. The molecule has 126 valence electrons. The van der Waals surface area contributed by atoms with Crippen LogP contribution in [0.3, 0.4) is 0 Å². The van der Waals surface area contributed by atoms with E-state index in [1.54, 1.807) is 24.3 Å². The van der Waals surface area contributed by atoms with Crippen LogP contribution >= 0.6 is 11.6 Å². The summed E-state index contributed by atoms with van der Waals surface area (Å²) < 4.78 is 0. The minimum atomic E-state index is -0.309. The molecule has 0 saturated heterocycles. The molecule has 0 heterocycles. The number of halogens is 1. The third-order valence-corrected chi connectivity index (χ3v) is 3.84. The van der Waals surface area contributed by atoms with Crippen LogP contribution in [0.2, 0.25) is 5.02 Å². The van der Waals surface area contributed by atoms with Crippen molar-refractivity contribution in [2.24, 2.45) is 5.10 Å². The predicted molar refractivity (Wildman–Crippen MR) is 101 cm³/mol. The lowest BCUT2D eigenvalue weighted by Gasteiger charge is -2.06. The number of phenols is 1. The third kappa shape index (κ3) is 4.28. The quantitative estimate of drug-likeness (QED) is 0.483. The number of anilines is 1. The van der Waals surface area contributed by atoms with Crippen molar-refractivity contribution in [1.82, 2.24) is 5.43 Å². The number of rotatable bonds is 5. The summed E-state index contributed by atoms with van der Waals surface area (Å²) in [5.41, 5.74) is 3.74. The first-order valence-electron chi connectivity index (χ1n) is 7.65. The van der Waals surface area contributed by atoms with Crippen molar-refractivity contribution in [1.29, 1.82) is 0 Å². The SMILES string of the molecule is O=C(CNc1cccc(Cl)c1)N/N=C/c1c(O)ccc2ccccc12. The van der Waals surface area contributed by atoms with Crippen LogP contribution in [0.1, 0.15) is 5.56 Å². The number of amides is 1. The average molecular weight is 354 g/mol. The summed E-state index contributed by atoms with van der Waals surface area (Å²) in [7, 11) is 0. The Morgan fingerprint density at radius 2 is 1.96 bits per heavy atom. The largest absolute Gasteiger partial charge is 0.507 e. The molecule has 0 radical (unpaired) electrons. The van der Waals surface area contributed by atoms with Crippen LogP contribution in [0, 0.1) is 0 Å². The first kappa shape index (κ1) is 16.8. The number of nitrogens with one attached hydrogen (secondary N) is 2. The lowest BCUT2D eigenvalue weighted by Crippen LogP contribution is -2.25. The van der Waals surface area contributed by atoms with Gasteiger partial charge in [0.05, 0.1) is 12.8 Å². The lowest BCUT2D eigenvalue weighted by atomic mass is 10.0. The van der Waals surface area contributed by atoms with E-state index in [-0.39, 0.29) is 18.2 Å². The zero-order chi connectivity index (χ0) is 17.6. The van der Waals surface area contributed by atoms with E-state index in [4.69, 9.17) is 11.6 Å². The number of fused-ring (bicyclic) bond motifs is 1. The summed E-state index contributed by atoms with van der Waals surface area (Å²) in [5, 5.41) is 19.3. The van der Waals surface area contributed by atoms with Gasteiger partial charge in [-0.1, -0.05) is 48.0 Å². The Hall–Kier alpha value is -3.05. The van der Waals surface area contributed by atoms with Crippen LogP contribution < -0.4 is 10.7 Å². The summed E-state index contributed by atoms with van der Waals surface area (Å²) in [6.07, 6.45) is 1.44. The highest BCUT2D eigenvalue weighted by molar-refractivity contribution is 6.30. The summed E-state index contributed by atoms with van der Waals surface area (Å²) in [6.45, 7) is 0.0548. The monoisotopic (exact) mass is 353 g/mol. The third-order valence-electron chi connectivity index (χ3n) is 3.61. The van der Waals surface area contributed by atoms with Crippen LogP contribution in [-0.2, 0) is 4.79 Å². The van der Waals surface area contributed by atoms with Gasteiger partial charge in [0.25, 0.3) is 5.91 Å². The Labute approximate surface area is 149 Å². The molecule has 0 aliphatic rings. The van der Waals surface area contributed by atoms with Crippen molar-refractivity contribution in [3.8, 4) is 5.75 Å². The Bertz CT molecular complexity index is 941. The molecule has 0 aliphatic heterocycles. The van der Waals surface area contributed by atoms with Crippen molar-refractivity contribution in [3.63, 3.8) is 0 Å². The van der Waals surface area contributed by atoms with Crippen molar-refractivity contribution in [2.75, 3.05) is 11.9 Å². The Morgan fingerprint density at radius 1 is 1.12 bits per heavy atom. The van der Waals surface area contributed by atoms with Gasteiger partial charge in [0.15, 0.2) is 0 Å². The molecular formula is C19H16ClN3O2. The molecule has 3 aromatic rings. The van der Waals surface area contributed by atoms with Crippen LogP contribution in [-0.4, -0.2) is 23.8 Å². The second-order valence-electron chi connectivity index (χ2n) is 5.38. The number of hydrazone groups is 1. The molecule has 0 bridgehead atoms. The number of aromatic hydroxyl groups is 1. The Kier molecular flexibility index (Phi) is 5.16. The molecule has 0 unspecified atom stereocenters. The fourth-order valence-electron chi connectivity index (χ4n) is 2.41. The minimum Gasteiger partial charge on any atom is -0.507 e. The van der Waals surface area contributed by atoms with E-state index >= 15 is 0 Å². The second kappa shape index (κ2) is 7.68. The molecule has 5 nitrogen and oxygen atoms in total. The van der Waals surface area contributed by atoms with Crippen LogP contribution in [0.15, 0.2) is 65.8 Å². The van der Waals surface area contributed by atoms with Gasteiger partial charge >= 0.3 is 0 Å². The number of phenolic OH excluding ortho intramolecular Hbond substituents is 1. The van der Waals surface area contributed by atoms with Gasteiger partial charge in [0.2, 0.25) is 0 Å². The molecule has 3 N–H and O–H groups in total. The van der Waals surface area contributed by atoms with Crippen LogP contribution in [0.25, 0.3) is 10.8 Å². The van der Waals surface area contributed by atoms with E-state index in [1.807, 2.05) is 36.4 Å². The zero-order valence-electron chi connectivity index (χ0n) is 13.2. The van der Waals surface area contributed by atoms with Crippen molar-refractivity contribution < 1.29 is 9.90 Å². The summed E-state index contributed by atoms with van der Waals surface area (Å²) >= 11 is 5.89. The Balaban J connectivity index is 1.63. The molecule has 25 heavy (non-hydrogen) atoms. The Morgan fingerprint density at radius 3 is 2.80 bits per heavy atom. The van der Waals surface area contributed by atoms with Crippen LogP contribution in [0.5, 0.6) is 5.75 Å². The highest BCUT2D eigenvalue weighted by Crippen LogP contribution is 2.25. The van der Waals surface area contributed by atoms with Gasteiger partial charge < -0.3 is 10.4 Å². The van der Waals surface area contributed by atoms with E-state index in [0.717, 1.165) is 16.5 Å². The molecule has 0 spiro atoms. The number of nitrogens with zero attached hydrogens (tertiary/aromatic N) is 1. The number of hydrogen-bond donors (Lipinski definition) is 3. The number of hydrogen-bond acceptors (Lipinski definition) is 4. The molecule has 0 saturated carbocycles. The molecule has 0 fully saturated rings. The average Bonchev–Trinajstić information content (AvgIpc) is 2.62. The van der Waals surface area contributed by atoms with E-state index in [9.17, 15) is 9.90 Å². The maximum Gasteiger partial charge on any atom is 0.259 e. The summed E-state index contributed by atoms with van der Waals surface area (Å²) in [4.78, 5) is 11.9. The van der Waals surface area contributed by atoms with Crippen molar-refractivity contribution in [2.45, 2.75) is 0 Å². The molecule has 0 atom stereocenters. The topological polar surface area (TPSA) is 73.7 Å². The number of benzene rings is 3. The molecular weight excluding hydrogens is 338 g/mol. The van der Waals surface area contributed by atoms with E-state index in [0.29, 0.717) is 10.6 Å². The first-order chi connectivity index (χ1) is 12.1. The first-order valence-corrected chi connectivity index (χ1v) is 8.03. The normalized spacial score (nSPS) is 10.9. The summed E-state index contributed by atoms with van der Waals surface area (Å²) in [6, 6.07) is 18.2. The molecule has 0 aromatic heterocycles. The zero-order valence-corrected chi connectivity index (χ0v) is 14.0. The van der Waals surface area contributed by atoms with Crippen molar-refractivity contribution in [3.05, 3.63) is 71.2 Å². The van der Waals surface area contributed by atoms with Gasteiger partial charge in [0, 0.05) is 16.3 Å². The van der Waals surface area contributed by atoms with Gasteiger partial charge in [-0.05, 0) is 35.0 Å². The van der Waals surface area contributed by atoms with Crippen molar-refractivity contribution >= 4 is 40.2 Å². The van der Waals surface area contributed by atoms with E-state index < -0.39 is 0 Å². The minimum absolute atomic E-state index is 0.0548. The molecule has 3 aromatic carbocycles. The highest BCUT2D eigenvalue weighted by Gasteiger charge is 2.05. The van der Waals surface area contributed by atoms with E-state index in [2.05, 4.69) is 15.8 Å². The standard InChI is InChI=1S/C19H16ClN3O2/c20-14-5-3-6-15(10-14)21-12-19(25)23-22-11-17-16-7-2-1-4-13(16)8-9-18(17)24/h1-11,21,24H,12H2,(H,23,25)/b22-11+. The lowest BCUT2D eigenvalue weighted by molar-refractivity contribution is -0.119. The van der Waals surface area contributed by atoms with Gasteiger partial charge in [-0.2, -0.15) is 5.10 Å². The smallest absolute Gasteiger partial charge is 0.259 e. The van der Waals surface area contributed by atoms with Gasteiger partial charge in [-0.3, -0.25) is 4.79 Å². The highest BCUT2D eigenvalue weighted by atomic mass is 35.5. The maximum atomic E-state index is 11.9. The summed E-state index contributed by atoms with van der Waals surface area (Å²) in [5.74, 6) is -0.204. The van der Waals surface area contributed by atoms with E-state index in [1.165, 1.54) is 6.21 Å². The van der Waals surface area contributed by atoms with Gasteiger partial charge in [0.1, 0.15) is 5.75 Å². The maximum absolute atomic E-state index is 11.9. The number of carbonyl (C=O) groups excluding carboxylic acids is 1.